The highest BCUT2D eigenvalue weighted by molar-refractivity contribution is 7.05. The lowest BCUT2D eigenvalue weighted by Gasteiger charge is -2.17. The van der Waals surface area contributed by atoms with Crippen molar-refractivity contribution in [1.29, 1.82) is 0 Å². The minimum absolute atomic E-state index is 0.464. The number of hydrogen-bond acceptors (Lipinski definition) is 4. The third-order valence-electron chi connectivity index (χ3n) is 3.74. The maximum absolute atomic E-state index is 4.15. The highest BCUT2D eigenvalue weighted by Crippen LogP contribution is 2.25. The number of hydrogen-bond donors (Lipinski definition) is 1. The fourth-order valence-electron chi connectivity index (χ4n) is 2.51. The normalized spacial score (nSPS) is 12.8. The zero-order valence-corrected chi connectivity index (χ0v) is 14.3. The van der Waals surface area contributed by atoms with Gasteiger partial charge in [-0.1, -0.05) is 63.3 Å². The van der Waals surface area contributed by atoms with Crippen LogP contribution >= 0.6 is 11.5 Å². The maximum atomic E-state index is 4.15. The van der Waals surface area contributed by atoms with Crippen LogP contribution in [0.2, 0.25) is 0 Å². The summed E-state index contributed by atoms with van der Waals surface area (Å²) < 4.78 is 4.08. The summed E-state index contributed by atoms with van der Waals surface area (Å²) in [7, 11) is 0. The lowest BCUT2D eigenvalue weighted by Crippen LogP contribution is -2.22. The van der Waals surface area contributed by atoms with Crippen molar-refractivity contribution >= 4 is 11.5 Å². The maximum Gasteiger partial charge on any atom is 0.0772 e. The standard InChI is InChI=1S/C16H31N3S/c1-4-6-7-8-9-10-11-12-15(17-13-5-2)16-14(3)18-19-20-16/h15,17H,4-13H2,1-3H3. The predicted octanol–water partition coefficient (Wildman–Crippen LogP) is 5.03. The fourth-order valence-corrected chi connectivity index (χ4v) is 3.26. The van der Waals surface area contributed by atoms with E-state index >= 15 is 0 Å². The molecule has 0 aliphatic carbocycles. The van der Waals surface area contributed by atoms with Gasteiger partial charge in [0.25, 0.3) is 0 Å². The molecular weight excluding hydrogens is 266 g/mol. The molecule has 1 heterocycles. The summed E-state index contributed by atoms with van der Waals surface area (Å²) in [5.41, 5.74) is 1.10. The molecule has 0 bridgehead atoms. The Hall–Kier alpha value is -0.480. The monoisotopic (exact) mass is 297 g/mol. The number of aryl methyl sites for hydroxylation is 1. The molecule has 0 saturated heterocycles. The number of rotatable bonds is 12. The summed E-state index contributed by atoms with van der Waals surface area (Å²) >= 11 is 1.56. The minimum Gasteiger partial charge on any atom is -0.309 e. The van der Waals surface area contributed by atoms with E-state index in [9.17, 15) is 0 Å². The first-order valence-corrected chi connectivity index (χ1v) is 9.09. The molecule has 1 aromatic rings. The van der Waals surface area contributed by atoms with Gasteiger partial charge in [0, 0.05) is 6.04 Å². The van der Waals surface area contributed by atoms with E-state index in [0.29, 0.717) is 6.04 Å². The number of nitrogens with zero attached hydrogens (tertiary/aromatic N) is 2. The van der Waals surface area contributed by atoms with Crippen LogP contribution in [-0.2, 0) is 0 Å². The zero-order valence-electron chi connectivity index (χ0n) is 13.5. The highest BCUT2D eigenvalue weighted by atomic mass is 32.1. The third-order valence-corrected chi connectivity index (χ3v) is 4.68. The van der Waals surface area contributed by atoms with Gasteiger partial charge in [0.15, 0.2) is 0 Å². The first-order valence-electron chi connectivity index (χ1n) is 8.31. The van der Waals surface area contributed by atoms with Crippen LogP contribution in [0.1, 0.15) is 88.2 Å². The molecule has 0 aromatic carbocycles. The van der Waals surface area contributed by atoms with E-state index in [1.54, 1.807) is 11.5 Å². The van der Waals surface area contributed by atoms with Crippen LogP contribution in [0.3, 0.4) is 0 Å². The Balaban J connectivity index is 2.26. The Labute approximate surface area is 128 Å². The molecule has 20 heavy (non-hydrogen) atoms. The summed E-state index contributed by atoms with van der Waals surface area (Å²) in [6, 6.07) is 0.464. The Morgan fingerprint density at radius 1 is 1.00 bits per heavy atom. The highest BCUT2D eigenvalue weighted by Gasteiger charge is 2.15. The summed E-state index contributed by atoms with van der Waals surface area (Å²) in [6.07, 6.45) is 12.0. The lowest BCUT2D eigenvalue weighted by atomic mass is 10.0. The van der Waals surface area contributed by atoms with Gasteiger partial charge in [0.05, 0.1) is 10.6 Å². The predicted molar refractivity (Wildman–Crippen MR) is 88.3 cm³/mol. The Morgan fingerprint density at radius 3 is 2.30 bits per heavy atom. The van der Waals surface area contributed by atoms with Crippen LogP contribution < -0.4 is 5.32 Å². The van der Waals surface area contributed by atoms with Gasteiger partial charge in [-0.05, 0) is 37.8 Å². The molecule has 116 valence electrons. The largest absolute Gasteiger partial charge is 0.309 e. The van der Waals surface area contributed by atoms with E-state index in [0.717, 1.165) is 12.2 Å². The first-order chi connectivity index (χ1) is 9.79. The molecule has 0 spiro atoms. The van der Waals surface area contributed by atoms with Crippen molar-refractivity contribution in [2.45, 2.75) is 84.6 Å². The van der Waals surface area contributed by atoms with Crippen molar-refractivity contribution in [2.75, 3.05) is 6.54 Å². The number of aromatic nitrogens is 2. The molecule has 0 fully saturated rings. The summed E-state index contributed by atoms with van der Waals surface area (Å²) in [6.45, 7) is 7.65. The number of unbranched alkanes of at least 4 members (excludes halogenated alkanes) is 6. The Bertz CT molecular complexity index is 338. The van der Waals surface area contributed by atoms with Crippen LogP contribution in [0.15, 0.2) is 0 Å². The second-order valence-electron chi connectivity index (χ2n) is 5.64. The van der Waals surface area contributed by atoms with Crippen LogP contribution in [0.25, 0.3) is 0 Å². The van der Waals surface area contributed by atoms with Crippen molar-refractivity contribution in [3.8, 4) is 0 Å². The van der Waals surface area contributed by atoms with Gasteiger partial charge in [-0.2, -0.15) is 0 Å². The van der Waals surface area contributed by atoms with Gasteiger partial charge >= 0.3 is 0 Å². The molecule has 1 atom stereocenters. The quantitative estimate of drug-likeness (QED) is 0.550. The molecule has 1 unspecified atom stereocenters. The Morgan fingerprint density at radius 2 is 1.70 bits per heavy atom. The van der Waals surface area contributed by atoms with Crippen LogP contribution in [0.4, 0.5) is 0 Å². The number of nitrogens with one attached hydrogen (secondary N) is 1. The van der Waals surface area contributed by atoms with E-state index in [1.807, 2.05) is 0 Å². The van der Waals surface area contributed by atoms with E-state index in [-0.39, 0.29) is 0 Å². The first kappa shape index (κ1) is 17.6. The van der Waals surface area contributed by atoms with Gasteiger partial charge in [0.2, 0.25) is 0 Å². The van der Waals surface area contributed by atoms with E-state index in [4.69, 9.17) is 0 Å². The summed E-state index contributed by atoms with van der Waals surface area (Å²) in [5.74, 6) is 0. The fraction of sp³-hybridized carbons (Fsp3) is 0.875. The van der Waals surface area contributed by atoms with E-state index in [2.05, 4.69) is 35.7 Å². The van der Waals surface area contributed by atoms with Crippen LogP contribution in [0.5, 0.6) is 0 Å². The van der Waals surface area contributed by atoms with E-state index < -0.39 is 0 Å². The molecule has 0 amide bonds. The third kappa shape index (κ3) is 6.80. The molecule has 4 heteroatoms. The summed E-state index contributed by atoms with van der Waals surface area (Å²) in [5, 5.41) is 7.81. The molecular formula is C16H31N3S. The van der Waals surface area contributed by atoms with Crippen LogP contribution in [0, 0.1) is 6.92 Å². The van der Waals surface area contributed by atoms with Crippen molar-refractivity contribution in [3.05, 3.63) is 10.6 Å². The molecule has 1 N–H and O–H groups in total. The van der Waals surface area contributed by atoms with Crippen LogP contribution in [-0.4, -0.2) is 16.1 Å². The molecule has 0 aliphatic rings. The minimum atomic E-state index is 0.464. The molecule has 0 saturated carbocycles. The van der Waals surface area contributed by atoms with Gasteiger partial charge in [-0.15, -0.1) is 5.10 Å². The second kappa shape index (κ2) is 11.2. The average molecular weight is 298 g/mol. The molecule has 0 radical (unpaired) electrons. The van der Waals surface area contributed by atoms with Crippen molar-refractivity contribution in [3.63, 3.8) is 0 Å². The van der Waals surface area contributed by atoms with Gasteiger partial charge in [-0.25, -0.2) is 0 Å². The SMILES string of the molecule is CCCCCCCCCC(NCCC)c1snnc1C. The van der Waals surface area contributed by atoms with E-state index in [1.165, 1.54) is 62.7 Å². The lowest BCUT2D eigenvalue weighted by molar-refractivity contribution is 0.469. The van der Waals surface area contributed by atoms with Gasteiger partial charge < -0.3 is 5.32 Å². The average Bonchev–Trinajstić information content (AvgIpc) is 2.87. The van der Waals surface area contributed by atoms with Crippen molar-refractivity contribution in [1.82, 2.24) is 14.9 Å². The van der Waals surface area contributed by atoms with Crippen molar-refractivity contribution in [2.24, 2.45) is 0 Å². The zero-order chi connectivity index (χ0) is 14.6. The second-order valence-corrected chi connectivity index (χ2v) is 6.43. The smallest absolute Gasteiger partial charge is 0.0772 e. The molecule has 1 rings (SSSR count). The topological polar surface area (TPSA) is 37.8 Å². The Kier molecular flexibility index (Phi) is 9.85. The molecule has 3 nitrogen and oxygen atoms in total. The molecule has 1 aromatic heterocycles. The summed E-state index contributed by atoms with van der Waals surface area (Å²) in [4.78, 5) is 1.34. The van der Waals surface area contributed by atoms with Gasteiger partial charge in [-0.3, -0.25) is 0 Å². The molecule has 0 aliphatic heterocycles. The van der Waals surface area contributed by atoms with Gasteiger partial charge in [0.1, 0.15) is 0 Å². The van der Waals surface area contributed by atoms with Crippen molar-refractivity contribution < 1.29 is 0 Å².